The number of benzene rings is 1. The van der Waals surface area contributed by atoms with Crippen LogP contribution in [-0.4, -0.2) is 33.4 Å². The van der Waals surface area contributed by atoms with Gasteiger partial charge >= 0.3 is 0 Å². The van der Waals surface area contributed by atoms with Crippen LogP contribution in [0.1, 0.15) is 60.9 Å². The van der Waals surface area contributed by atoms with E-state index in [0.717, 1.165) is 17.2 Å². The summed E-state index contributed by atoms with van der Waals surface area (Å²) in [5.41, 5.74) is 7.71. The maximum atomic E-state index is 14.9. The summed E-state index contributed by atoms with van der Waals surface area (Å²) in [5.74, 6) is -1.16. The molecule has 34 heavy (non-hydrogen) atoms. The smallest absolute Gasteiger partial charge is 0.149 e. The van der Waals surface area contributed by atoms with E-state index < -0.39 is 17.6 Å². The average Bonchev–Trinajstić information content (AvgIpc) is 3.20. The molecule has 0 radical (unpaired) electrons. The lowest BCUT2D eigenvalue weighted by Gasteiger charge is -2.18. The zero-order valence-corrected chi connectivity index (χ0v) is 19.2. The first-order valence-electron chi connectivity index (χ1n) is 10.8. The number of aliphatic hydroxyl groups excluding tert-OH is 2. The first-order valence-corrected chi connectivity index (χ1v) is 10.8. The molecule has 0 amide bonds. The highest BCUT2D eigenvalue weighted by molar-refractivity contribution is 5.71. The molecule has 6 nitrogen and oxygen atoms in total. The van der Waals surface area contributed by atoms with Crippen molar-refractivity contribution in [2.75, 3.05) is 13.2 Å². The number of halogens is 2. The number of hydrogen-bond acceptors (Lipinski definition) is 6. The van der Waals surface area contributed by atoms with E-state index in [-0.39, 0.29) is 24.0 Å². The Hall–Kier alpha value is -3.70. The van der Waals surface area contributed by atoms with E-state index in [1.54, 1.807) is 24.5 Å². The molecule has 0 fully saturated rings. The van der Waals surface area contributed by atoms with Crippen LogP contribution in [0.3, 0.4) is 0 Å². The molecule has 3 heterocycles. The van der Waals surface area contributed by atoms with Crippen LogP contribution in [0.25, 0.3) is 11.3 Å². The Bertz CT molecular complexity index is 1200. The van der Waals surface area contributed by atoms with Gasteiger partial charge in [0.2, 0.25) is 0 Å². The summed E-state index contributed by atoms with van der Waals surface area (Å²) in [7, 11) is 0. The molecule has 1 aromatic carbocycles. The summed E-state index contributed by atoms with van der Waals surface area (Å²) in [4.78, 5) is 8.85. The zero-order valence-electron chi connectivity index (χ0n) is 19.2. The Balaban J connectivity index is 0.000000751. The summed E-state index contributed by atoms with van der Waals surface area (Å²) in [6, 6.07) is 9.75. The fraction of sp³-hybridized carbons (Fsp3) is 0.308. The summed E-state index contributed by atoms with van der Waals surface area (Å²) < 4.78 is 35.0. The maximum absolute atomic E-state index is 14.9. The zero-order chi connectivity index (χ0) is 24.8. The predicted octanol–water partition coefficient (Wildman–Crippen LogP) is 4.40. The maximum Gasteiger partial charge on any atom is 0.149 e. The van der Waals surface area contributed by atoms with Crippen LogP contribution in [0, 0.1) is 23.8 Å². The average molecular weight is 468 g/mol. The molecule has 2 unspecified atom stereocenters. The standard InChI is InChI=1S/C24H24F2N2O2.C2H3NO/c1-13(2)16-7-18(21(26)9-20(16)25)23-24-17(14(3)12-30-24)8-22(28-23)19(11-29)15-5-4-6-27-10-15;3-1-2-4/h4-10,13-14,19,29H,11-12H2,1-3H3;4H,3H2. The van der Waals surface area contributed by atoms with Gasteiger partial charge in [-0.15, -0.1) is 0 Å². The van der Waals surface area contributed by atoms with Crippen molar-refractivity contribution in [3.05, 3.63) is 76.7 Å². The van der Waals surface area contributed by atoms with Crippen molar-refractivity contribution in [3.63, 3.8) is 0 Å². The van der Waals surface area contributed by atoms with Gasteiger partial charge in [0.1, 0.15) is 29.2 Å². The third-order valence-electron chi connectivity index (χ3n) is 5.68. The summed E-state index contributed by atoms with van der Waals surface area (Å²) in [6.45, 7) is 6.03. The van der Waals surface area contributed by atoms with Gasteiger partial charge in [-0.2, -0.15) is 0 Å². The van der Waals surface area contributed by atoms with Gasteiger partial charge in [0.25, 0.3) is 0 Å². The van der Waals surface area contributed by atoms with Crippen LogP contribution in [0.5, 0.6) is 5.75 Å². The Morgan fingerprint density at radius 3 is 2.56 bits per heavy atom. The van der Waals surface area contributed by atoms with Gasteiger partial charge in [0.15, 0.2) is 0 Å². The summed E-state index contributed by atoms with van der Waals surface area (Å²) >= 11 is 0. The Morgan fingerprint density at radius 1 is 1.24 bits per heavy atom. The van der Waals surface area contributed by atoms with Gasteiger partial charge in [0.05, 0.1) is 24.8 Å². The fourth-order valence-corrected chi connectivity index (χ4v) is 3.89. The predicted molar refractivity (Wildman–Crippen MR) is 125 cm³/mol. The Morgan fingerprint density at radius 2 is 1.97 bits per heavy atom. The topological polar surface area (TPSA) is 101 Å². The molecule has 0 aliphatic carbocycles. The minimum absolute atomic E-state index is 0.0989. The highest BCUT2D eigenvalue weighted by atomic mass is 19.1. The van der Waals surface area contributed by atoms with Gasteiger partial charge in [-0.3, -0.25) is 4.98 Å². The molecular formula is C26H27F2N3O3. The molecule has 3 aromatic rings. The van der Waals surface area contributed by atoms with E-state index in [1.807, 2.05) is 32.9 Å². The molecule has 178 valence electrons. The lowest BCUT2D eigenvalue weighted by Crippen LogP contribution is -2.10. The minimum atomic E-state index is -0.686. The molecule has 2 aromatic heterocycles. The third kappa shape index (κ3) is 5.10. The quantitative estimate of drug-likeness (QED) is 0.380. The lowest BCUT2D eigenvalue weighted by molar-refractivity contribution is 0.278. The molecule has 4 N–H and O–H groups in total. The summed E-state index contributed by atoms with van der Waals surface area (Å²) in [5, 5.41) is 17.5. The molecule has 4 rings (SSSR count). The van der Waals surface area contributed by atoms with Crippen molar-refractivity contribution in [1.82, 2.24) is 9.97 Å². The number of aromatic nitrogens is 2. The fourth-order valence-electron chi connectivity index (χ4n) is 3.89. The highest BCUT2D eigenvalue weighted by Crippen LogP contribution is 2.44. The monoisotopic (exact) mass is 467 g/mol. The number of aliphatic hydroxyl groups is 2. The first-order chi connectivity index (χ1) is 16.3. The van der Waals surface area contributed by atoms with Crippen LogP contribution in [-0.2, 0) is 0 Å². The van der Waals surface area contributed by atoms with Gasteiger partial charge < -0.3 is 20.7 Å². The number of nitrogens with zero attached hydrogens (tertiary/aromatic N) is 2. The van der Waals surface area contributed by atoms with Crippen LogP contribution in [0.2, 0.25) is 0 Å². The molecular weight excluding hydrogens is 440 g/mol. The van der Waals surface area contributed by atoms with Crippen molar-refractivity contribution in [2.24, 2.45) is 5.73 Å². The van der Waals surface area contributed by atoms with E-state index in [9.17, 15) is 13.9 Å². The minimum Gasteiger partial charge on any atom is -0.490 e. The van der Waals surface area contributed by atoms with Crippen LogP contribution in [0.15, 0.2) is 42.7 Å². The van der Waals surface area contributed by atoms with Crippen molar-refractivity contribution in [1.29, 1.82) is 0 Å². The molecule has 0 saturated carbocycles. The number of hydrogen-bond donors (Lipinski definition) is 3. The molecule has 0 bridgehead atoms. The molecule has 8 heteroatoms. The molecule has 1 aliphatic rings. The second kappa shape index (κ2) is 10.9. The number of pyridine rings is 2. The normalized spacial score (nSPS) is 14.9. The Kier molecular flexibility index (Phi) is 8.03. The van der Waals surface area contributed by atoms with Gasteiger partial charge in [-0.05, 0) is 35.2 Å². The summed E-state index contributed by atoms with van der Waals surface area (Å²) in [6.07, 6.45) is 4.81. The number of rotatable bonds is 5. The van der Waals surface area contributed by atoms with Crippen molar-refractivity contribution in [2.45, 2.75) is 38.5 Å². The lowest BCUT2D eigenvalue weighted by atomic mass is 9.92. The van der Waals surface area contributed by atoms with E-state index in [0.29, 0.717) is 29.3 Å². The third-order valence-corrected chi connectivity index (χ3v) is 5.68. The van der Waals surface area contributed by atoms with Crippen LogP contribution < -0.4 is 10.5 Å². The van der Waals surface area contributed by atoms with Crippen molar-refractivity contribution >= 4 is 0 Å². The van der Waals surface area contributed by atoms with Crippen molar-refractivity contribution in [3.8, 4) is 29.2 Å². The van der Waals surface area contributed by atoms with E-state index in [1.165, 1.54) is 12.2 Å². The highest BCUT2D eigenvalue weighted by Gasteiger charge is 2.30. The van der Waals surface area contributed by atoms with Gasteiger partial charge in [-0.25, -0.2) is 13.8 Å². The second-order valence-electron chi connectivity index (χ2n) is 8.31. The Labute approximate surface area is 197 Å². The first kappa shape index (κ1) is 24.9. The molecule has 1 aliphatic heterocycles. The number of fused-ring (bicyclic) bond motifs is 1. The molecule has 0 spiro atoms. The van der Waals surface area contributed by atoms with Crippen LogP contribution in [0.4, 0.5) is 8.78 Å². The van der Waals surface area contributed by atoms with Crippen molar-refractivity contribution < 1.29 is 23.7 Å². The second-order valence-corrected chi connectivity index (χ2v) is 8.31. The van der Waals surface area contributed by atoms with E-state index in [4.69, 9.17) is 14.8 Å². The van der Waals surface area contributed by atoms with E-state index in [2.05, 4.69) is 10.7 Å². The van der Waals surface area contributed by atoms with E-state index >= 15 is 0 Å². The largest absolute Gasteiger partial charge is 0.490 e. The van der Waals surface area contributed by atoms with Crippen LogP contribution >= 0.6 is 0 Å². The number of ether oxygens (including phenoxy) is 1. The van der Waals surface area contributed by atoms with Gasteiger partial charge in [-0.1, -0.05) is 26.8 Å². The molecule has 0 saturated heterocycles. The van der Waals surface area contributed by atoms with Gasteiger partial charge in [0, 0.05) is 41.5 Å². The molecule has 2 atom stereocenters. The SMILES string of the molecule is CC(C)c1cc(-c2nc(C(CO)c3cccnc3)cc3c2OCC3C)c(F)cc1F.NC#CO. The number of nitrogens with two attached hydrogens (primary N) is 1.